The van der Waals surface area contributed by atoms with Crippen molar-refractivity contribution < 1.29 is 25.8 Å². The summed E-state index contributed by atoms with van der Waals surface area (Å²) in [6, 6.07) is 0. The summed E-state index contributed by atoms with van der Waals surface area (Å²) in [5.74, 6) is 0. The van der Waals surface area contributed by atoms with E-state index in [4.69, 9.17) is 13.2 Å². The van der Waals surface area contributed by atoms with Crippen LogP contribution in [0.5, 0.6) is 0 Å². The Morgan fingerprint density at radius 3 is 1.20 bits per heavy atom. The fraction of sp³-hybridized carbons (Fsp3) is 0. The van der Waals surface area contributed by atoms with E-state index in [9.17, 15) is 0 Å². The average Bonchev–Trinajstić information content (AvgIpc) is 1.37. The Balaban J connectivity index is 0. The summed E-state index contributed by atoms with van der Waals surface area (Å²) < 4.78 is 0. The first-order valence-electron chi connectivity index (χ1n) is 1.00. The van der Waals surface area contributed by atoms with Gasteiger partial charge in [0.05, 0.1) is 0 Å². The van der Waals surface area contributed by atoms with Gasteiger partial charge in [0.15, 0.2) is 0 Å². The van der Waals surface area contributed by atoms with Crippen molar-refractivity contribution in [1.82, 2.24) is 0 Å². The molecule has 0 aliphatic rings. The summed E-state index contributed by atoms with van der Waals surface area (Å²) in [6.45, 7) is 9.44. The number of rotatable bonds is 1. The molecule has 0 heterocycles. The van der Waals surface area contributed by atoms with Crippen molar-refractivity contribution >= 4 is 0 Å². The topological polar surface area (TPSA) is 0 Å². The Morgan fingerprint density at radius 1 is 1.00 bits per heavy atom. The predicted octanol–water partition coefficient (Wildman–Crippen LogP) is 0.962. The molecule has 0 aliphatic heterocycles. The zero-order chi connectivity index (χ0) is 3.41. The molecule has 0 aromatic heterocycles. The van der Waals surface area contributed by atoms with E-state index in [0.29, 0.717) is 0 Å². The average molecular weight is 97.0 g/mol. The first-order chi connectivity index (χ1) is 1.91. The third-order valence-electron chi connectivity index (χ3n) is 0.111. The van der Waals surface area contributed by atoms with Gasteiger partial charge in [0.25, 0.3) is 0 Å². The Labute approximate surface area is 51.4 Å². The predicted molar refractivity (Wildman–Crippen MR) is 17.7 cm³/mol. The van der Waals surface area contributed by atoms with E-state index in [0.717, 1.165) is 0 Å². The minimum absolute atomic E-state index is 0. The van der Waals surface area contributed by atoms with Gasteiger partial charge in [-0.15, -0.1) is 0 Å². The Bertz CT molecular complexity index is 24.6. The largest absolute Gasteiger partial charge is 0.394 e. The molecular weight excluding hydrogens is 93.0 g/mol. The fourth-order valence-electron chi connectivity index (χ4n) is 0. The molecule has 0 nitrogen and oxygen atoms in total. The van der Waals surface area contributed by atoms with Crippen LogP contribution in [0.2, 0.25) is 0 Å². The summed E-state index contributed by atoms with van der Waals surface area (Å²) >= 11 is 0. The van der Waals surface area contributed by atoms with Gasteiger partial charge in [-0.2, -0.15) is 0 Å². The van der Waals surface area contributed by atoms with Gasteiger partial charge in [0.2, 0.25) is 0 Å². The Morgan fingerprint density at radius 2 is 1.20 bits per heavy atom. The zero-order valence-electron chi connectivity index (χ0n) is 2.89. The van der Waals surface area contributed by atoms with Crippen molar-refractivity contribution in [3.8, 4) is 0 Å². The van der Waals surface area contributed by atoms with Gasteiger partial charge in [0.1, 0.15) is 0 Å². The monoisotopic (exact) mass is 97.0 g/mol. The van der Waals surface area contributed by atoms with Crippen LogP contribution in [0.25, 0.3) is 0 Å². The van der Waals surface area contributed by atoms with Gasteiger partial charge in [-0.05, 0) is 0 Å². The Kier molecular flexibility index (Phi) is 15.9. The van der Waals surface area contributed by atoms with E-state index in [2.05, 4.69) is 0 Å². The summed E-state index contributed by atoms with van der Waals surface area (Å²) in [7, 11) is 0. The molecule has 0 atom stereocenters. The molecule has 5 heavy (non-hydrogen) atoms. The molecule has 0 aromatic rings. The molecule has 1 radical (unpaired) electrons. The molecule has 0 fully saturated rings. The minimum Gasteiger partial charge on any atom is -0.394 e. The molecule has 0 N–H and O–H groups in total. The maximum atomic E-state index is 4.72. The van der Waals surface area contributed by atoms with Crippen molar-refractivity contribution in [2.75, 3.05) is 0 Å². The van der Waals surface area contributed by atoms with Gasteiger partial charge >= 0.3 is 0 Å². The molecule has 0 saturated carbocycles. The van der Waals surface area contributed by atoms with Crippen molar-refractivity contribution in [3.63, 3.8) is 0 Å². The molecule has 0 aliphatic carbocycles. The maximum absolute atomic E-state index is 4.72. The standard InChI is InChI=1S/C4H4.Sc/c1-3-4-2;/h1-4H;/q-2;. The number of hydrogen-bond acceptors (Lipinski definition) is 0. The molecule has 0 bridgehead atoms. The second-order valence-electron chi connectivity index (χ2n) is 0.385. The van der Waals surface area contributed by atoms with E-state index in [-0.39, 0.29) is 25.8 Å². The van der Waals surface area contributed by atoms with Crippen LogP contribution in [0.15, 0.2) is 12.2 Å². The quantitative estimate of drug-likeness (QED) is 0.337. The normalized spacial score (nSPS) is 4.00. The molecule has 0 aromatic carbocycles. The van der Waals surface area contributed by atoms with E-state index in [1.807, 2.05) is 0 Å². The van der Waals surface area contributed by atoms with Gasteiger partial charge in [-0.25, -0.2) is 0 Å². The van der Waals surface area contributed by atoms with Crippen LogP contribution in [-0.4, -0.2) is 0 Å². The third kappa shape index (κ3) is 13.2. The molecule has 0 spiro atoms. The van der Waals surface area contributed by atoms with Gasteiger partial charge in [-0.1, -0.05) is 0 Å². The summed E-state index contributed by atoms with van der Waals surface area (Å²) in [4.78, 5) is 0. The summed E-state index contributed by atoms with van der Waals surface area (Å²) in [5.41, 5.74) is 0. The van der Waals surface area contributed by atoms with Crippen LogP contribution < -0.4 is 0 Å². The second kappa shape index (κ2) is 8.84. The van der Waals surface area contributed by atoms with Crippen LogP contribution in [0, 0.1) is 13.2 Å². The van der Waals surface area contributed by atoms with Crippen LogP contribution in [0.3, 0.4) is 0 Å². The fourth-order valence-corrected chi connectivity index (χ4v) is 0. The summed E-state index contributed by atoms with van der Waals surface area (Å²) in [6.07, 6.45) is 2.56. The first kappa shape index (κ1) is 9.02. The number of hydrogen-bond donors (Lipinski definition) is 0. The van der Waals surface area contributed by atoms with Gasteiger partial charge < -0.3 is 25.3 Å². The van der Waals surface area contributed by atoms with Crippen LogP contribution in [0.4, 0.5) is 0 Å². The van der Waals surface area contributed by atoms with Crippen LogP contribution in [-0.2, 0) is 25.8 Å². The summed E-state index contributed by atoms with van der Waals surface area (Å²) in [5, 5.41) is 0. The zero-order valence-corrected chi connectivity index (χ0v) is 4.69. The van der Waals surface area contributed by atoms with Crippen molar-refractivity contribution in [2.45, 2.75) is 0 Å². The molecule has 25 valence electrons. The second-order valence-corrected chi connectivity index (χ2v) is 0.385. The molecule has 0 saturated heterocycles. The third-order valence-corrected chi connectivity index (χ3v) is 0.111. The molecule has 0 rings (SSSR count). The number of allylic oxidation sites excluding steroid dienone is 2. The molecular formula is C4H4Sc-2. The van der Waals surface area contributed by atoms with E-state index in [1.54, 1.807) is 0 Å². The molecule has 0 amide bonds. The van der Waals surface area contributed by atoms with Crippen molar-refractivity contribution in [3.05, 3.63) is 25.3 Å². The SMILES string of the molecule is [CH-]=CC=[CH-].[Sc]. The smallest absolute Gasteiger partial charge is 0 e. The van der Waals surface area contributed by atoms with Crippen LogP contribution >= 0.6 is 0 Å². The van der Waals surface area contributed by atoms with E-state index < -0.39 is 0 Å². The van der Waals surface area contributed by atoms with E-state index in [1.165, 1.54) is 12.2 Å². The van der Waals surface area contributed by atoms with E-state index >= 15 is 0 Å². The van der Waals surface area contributed by atoms with Crippen molar-refractivity contribution in [1.29, 1.82) is 0 Å². The molecule has 0 unspecified atom stereocenters. The minimum atomic E-state index is 0. The van der Waals surface area contributed by atoms with Gasteiger partial charge in [-0.3, -0.25) is 0 Å². The maximum Gasteiger partial charge on any atom is 0 e. The van der Waals surface area contributed by atoms with Gasteiger partial charge in [0, 0.05) is 25.8 Å². The van der Waals surface area contributed by atoms with Crippen molar-refractivity contribution in [2.24, 2.45) is 0 Å². The van der Waals surface area contributed by atoms with Crippen LogP contribution in [0.1, 0.15) is 0 Å². The molecule has 1 heteroatoms. The Hall–Kier alpha value is 0.350. The first-order valence-corrected chi connectivity index (χ1v) is 1.00.